The van der Waals surface area contributed by atoms with E-state index in [2.05, 4.69) is 10.2 Å². The molecule has 5 heteroatoms. The molecule has 0 radical (unpaired) electrons. The molecule has 0 aliphatic heterocycles. The van der Waals surface area contributed by atoms with Crippen molar-refractivity contribution in [2.75, 3.05) is 12.8 Å². The zero-order valence-electron chi connectivity index (χ0n) is 9.01. The highest BCUT2D eigenvalue weighted by Gasteiger charge is 2.07. The number of hydrogen-bond donors (Lipinski definition) is 1. The lowest BCUT2D eigenvalue weighted by Crippen LogP contribution is -2.02. The number of thioether (sulfide) groups is 1. The van der Waals surface area contributed by atoms with Gasteiger partial charge in [-0.3, -0.25) is 0 Å². The maximum atomic E-state index is 5.47. The molecule has 16 heavy (non-hydrogen) atoms. The Bertz CT molecular complexity index is 453. The second kappa shape index (κ2) is 5.14. The monoisotopic (exact) mass is 235 g/mol. The smallest absolute Gasteiger partial charge is 0.247 e. The Hall–Kier alpha value is -1.33. The summed E-state index contributed by atoms with van der Waals surface area (Å²) >= 11 is 1.70. The molecular formula is C11H13N3OS. The highest BCUT2D eigenvalue weighted by atomic mass is 32.2. The van der Waals surface area contributed by atoms with E-state index in [0.717, 1.165) is 5.56 Å². The van der Waals surface area contributed by atoms with Gasteiger partial charge in [0.25, 0.3) is 0 Å². The molecule has 0 atom stereocenters. The van der Waals surface area contributed by atoms with Crippen molar-refractivity contribution in [2.45, 2.75) is 11.3 Å². The summed E-state index contributed by atoms with van der Waals surface area (Å²) in [7, 11) is 0. The lowest BCUT2D eigenvalue weighted by atomic mass is 10.2. The third kappa shape index (κ3) is 2.43. The van der Waals surface area contributed by atoms with Crippen LogP contribution >= 0.6 is 11.8 Å². The number of nitrogens with two attached hydrogens (primary N) is 1. The summed E-state index contributed by atoms with van der Waals surface area (Å²) in [5.74, 6) is 1.14. The van der Waals surface area contributed by atoms with E-state index in [0.29, 0.717) is 24.7 Å². The van der Waals surface area contributed by atoms with Gasteiger partial charge in [-0.05, 0) is 30.5 Å². The van der Waals surface area contributed by atoms with Crippen LogP contribution in [0.15, 0.2) is 33.6 Å². The molecule has 4 nitrogen and oxygen atoms in total. The molecule has 0 saturated carbocycles. The van der Waals surface area contributed by atoms with Crippen molar-refractivity contribution in [1.29, 1.82) is 0 Å². The first-order chi connectivity index (χ1) is 7.83. The number of nitrogens with zero attached hydrogens (tertiary/aromatic N) is 2. The second-order valence-electron chi connectivity index (χ2n) is 3.27. The van der Waals surface area contributed by atoms with Gasteiger partial charge in [0, 0.05) is 23.4 Å². The Kier molecular flexibility index (Phi) is 3.58. The fraction of sp³-hybridized carbons (Fsp3) is 0.273. The van der Waals surface area contributed by atoms with E-state index >= 15 is 0 Å². The van der Waals surface area contributed by atoms with Crippen LogP contribution in [0, 0.1) is 0 Å². The van der Waals surface area contributed by atoms with E-state index in [1.807, 2.05) is 30.5 Å². The molecule has 0 bridgehead atoms. The Labute approximate surface area is 98.2 Å². The third-order valence-electron chi connectivity index (χ3n) is 2.16. The summed E-state index contributed by atoms with van der Waals surface area (Å²) in [5.41, 5.74) is 6.35. The molecule has 1 heterocycles. The lowest BCUT2D eigenvalue weighted by molar-refractivity contribution is 0.507. The van der Waals surface area contributed by atoms with Gasteiger partial charge in [0.2, 0.25) is 11.8 Å². The Morgan fingerprint density at radius 2 is 2.00 bits per heavy atom. The lowest BCUT2D eigenvalue weighted by Gasteiger charge is -1.97. The van der Waals surface area contributed by atoms with Crippen LogP contribution < -0.4 is 5.73 Å². The fourth-order valence-electron chi connectivity index (χ4n) is 1.33. The summed E-state index contributed by atoms with van der Waals surface area (Å²) in [6.07, 6.45) is 2.66. The largest absolute Gasteiger partial charge is 0.421 e. The maximum absolute atomic E-state index is 5.47. The maximum Gasteiger partial charge on any atom is 0.247 e. The van der Waals surface area contributed by atoms with Crippen LogP contribution in [0.25, 0.3) is 11.5 Å². The molecule has 0 fully saturated rings. The normalized spacial score (nSPS) is 10.6. The quantitative estimate of drug-likeness (QED) is 0.821. The standard InChI is InChI=1S/C11H13N3OS/c1-16-9-4-2-8(3-5-9)11-14-13-10(15-11)6-7-12/h2-5H,6-7,12H2,1H3. The van der Waals surface area contributed by atoms with Crippen molar-refractivity contribution in [2.24, 2.45) is 5.73 Å². The Morgan fingerprint density at radius 1 is 1.25 bits per heavy atom. The number of benzene rings is 1. The molecule has 0 unspecified atom stereocenters. The average molecular weight is 235 g/mol. The molecule has 1 aromatic heterocycles. The summed E-state index contributed by atoms with van der Waals surface area (Å²) in [5, 5.41) is 7.90. The zero-order chi connectivity index (χ0) is 11.4. The van der Waals surface area contributed by atoms with Crippen molar-refractivity contribution < 1.29 is 4.42 Å². The number of aromatic nitrogens is 2. The fourth-order valence-corrected chi connectivity index (χ4v) is 1.74. The van der Waals surface area contributed by atoms with Gasteiger partial charge in [0.1, 0.15) is 0 Å². The molecule has 0 spiro atoms. The topological polar surface area (TPSA) is 64.9 Å². The van der Waals surface area contributed by atoms with E-state index in [1.54, 1.807) is 11.8 Å². The summed E-state index contributed by atoms with van der Waals surface area (Å²) in [6, 6.07) is 8.02. The van der Waals surface area contributed by atoms with Crippen LogP contribution in [0.5, 0.6) is 0 Å². The Balaban J connectivity index is 2.21. The van der Waals surface area contributed by atoms with Gasteiger partial charge in [-0.2, -0.15) is 0 Å². The van der Waals surface area contributed by atoms with Gasteiger partial charge in [0.15, 0.2) is 0 Å². The van der Waals surface area contributed by atoms with E-state index in [-0.39, 0.29) is 0 Å². The predicted molar refractivity (Wildman–Crippen MR) is 64.3 cm³/mol. The average Bonchev–Trinajstić information content (AvgIpc) is 2.78. The number of rotatable bonds is 4. The predicted octanol–water partition coefficient (Wildman–Crippen LogP) is 1.96. The first-order valence-electron chi connectivity index (χ1n) is 5.00. The van der Waals surface area contributed by atoms with E-state index < -0.39 is 0 Å². The van der Waals surface area contributed by atoms with Crippen molar-refractivity contribution in [3.8, 4) is 11.5 Å². The zero-order valence-corrected chi connectivity index (χ0v) is 9.83. The van der Waals surface area contributed by atoms with Crippen LogP contribution in [0.4, 0.5) is 0 Å². The van der Waals surface area contributed by atoms with Crippen LogP contribution in [-0.4, -0.2) is 23.0 Å². The van der Waals surface area contributed by atoms with Crippen LogP contribution in [0.2, 0.25) is 0 Å². The molecular weight excluding hydrogens is 222 g/mol. The SMILES string of the molecule is CSc1ccc(-c2nnc(CCN)o2)cc1. The first-order valence-corrected chi connectivity index (χ1v) is 6.23. The number of hydrogen-bond acceptors (Lipinski definition) is 5. The molecule has 2 N–H and O–H groups in total. The van der Waals surface area contributed by atoms with Gasteiger partial charge in [0.05, 0.1) is 0 Å². The molecule has 0 aliphatic carbocycles. The van der Waals surface area contributed by atoms with Gasteiger partial charge in [-0.25, -0.2) is 0 Å². The van der Waals surface area contributed by atoms with Crippen LogP contribution in [0.1, 0.15) is 5.89 Å². The molecule has 2 rings (SSSR count). The van der Waals surface area contributed by atoms with E-state index in [9.17, 15) is 0 Å². The third-order valence-corrected chi connectivity index (χ3v) is 2.91. The summed E-state index contributed by atoms with van der Waals surface area (Å²) in [4.78, 5) is 1.21. The molecule has 1 aromatic carbocycles. The second-order valence-corrected chi connectivity index (χ2v) is 4.15. The van der Waals surface area contributed by atoms with E-state index in [1.165, 1.54) is 4.90 Å². The molecule has 0 amide bonds. The van der Waals surface area contributed by atoms with Crippen LogP contribution in [0.3, 0.4) is 0 Å². The minimum Gasteiger partial charge on any atom is -0.421 e. The molecule has 0 saturated heterocycles. The summed E-state index contributed by atoms with van der Waals surface area (Å²) < 4.78 is 5.47. The van der Waals surface area contributed by atoms with Crippen molar-refractivity contribution in [3.05, 3.63) is 30.2 Å². The van der Waals surface area contributed by atoms with Crippen molar-refractivity contribution >= 4 is 11.8 Å². The first kappa shape index (κ1) is 11.2. The van der Waals surface area contributed by atoms with Gasteiger partial charge in [-0.15, -0.1) is 22.0 Å². The molecule has 2 aromatic rings. The van der Waals surface area contributed by atoms with Gasteiger partial charge >= 0.3 is 0 Å². The summed E-state index contributed by atoms with van der Waals surface area (Å²) in [6.45, 7) is 0.521. The van der Waals surface area contributed by atoms with Crippen molar-refractivity contribution in [3.63, 3.8) is 0 Å². The molecule has 84 valence electrons. The van der Waals surface area contributed by atoms with E-state index in [4.69, 9.17) is 10.2 Å². The van der Waals surface area contributed by atoms with Gasteiger partial charge < -0.3 is 10.2 Å². The van der Waals surface area contributed by atoms with Gasteiger partial charge in [-0.1, -0.05) is 0 Å². The highest BCUT2D eigenvalue weighted by Crippen LogP contribution is 2.21. The Morgan fingerprint density at radius 3 is 2.62 bits per heavy atom. The minimum absolute atomic E-state index is 0.521. The highest BCUT2D eigenvalue weighted by molar-refractivity contribution is 7.98. The molecule has 0 aliphatic rings. The minimum atomic E-state index is 0.521. The van der Waals surface area contributed by atoms with Crippen LogP contribution in [-0.2, 0) is 6.42 Å². The van der Waals surface area contributed by atoms with Crippen molar-refractivity contribution in [1.82, 2.24) is 10.2 Å².